The molecule has 1 rings (SSSR count). The molecule has 0 aliphatic heterocycles. The maximum Gasteiger partial charge on any atom is 0.169 e. The van der Waals surface area contributed by atoms with Crippen molar-refractivity contribution >= 4 is 15.9 Å². The van der Waals surface area contributed by atoms with Gasteiger partial charge in [-0.3, -0.25) is 0 Å². The third-order valence-corrected chi connectivity index (χ3v) is 3.73. The molecule has 0 fully saturated rings. The molecule has 1 heterocycles. The molecular weight excluding hydrogens is 290 g/mol. The first-order valence-electron chi connectivity index (χ1n) is 7.21. The van der Waals surface area contributed by atoms with Crippen LogP contribution in [0.25, 0.3) is 0 Å². The molecule has 1 aromatic heterocycles. The molecule has 0 aliphatic carbocycles. The largest absolute Gasteiger partial charge is 0.453 e. The first kappa shape index (κ1) is 15.8. The molecule has 0 aromatic carbocycles. The highest BCUT2D eigenvalue weighted by atomic mass is 79.9. The van der Waals surface area contributed by atoms with Crippen LogP contribution in [0.4, 0.5) is 0 Å². The maximum absolute atomic E-state index is 5.77. The monoisotopic (exact) mass is 315 g/mol. The van der Waals surface area contributed by atoms with Crippen LogP contribution < -0.4 is 5.32 Å². The fourth-order valence-electron chi connectivity index (χ4n) is 2.51. The molecule has 1 N–H and O–H groups in total. The highest BCUT2D eigenvalue weighted by Crippen LogP contribution is 2.31. The van der Waals surface area contributed by atoms with Gasteiger partial charge in [0.2, 0.25) is 0 Å². The lowest BCUT2D eigenvalue weighted by Crippen LogP contribution is -2.28. The predicted octanol–water partition coefficient (Wildman–Crippen LogP) is 5.30. The van der Waals surface area contributed by atoms with E-state index in [9.17, 15) is 0 Å². The Hall–Kier alpha value is -0.280. The predicted molar refractivity (Wildman–Crippen MR) is 80.7 cm³/mol. The lowest BCUT2D eigenvalue weighted by molar-refractivity contribution is 0.274. The van der Waals surface area contributed by atoms with E-state index >= 15 is 0 Å². The van der Waals surface area contributed by atoms with Crippen molar-refractivity contribution in [3.8, 4) is 0 Å². The van der Waals surface area contributed by atoms with Gasteiger partial charge in [-0.15, -0.1) is 0 Å². The lowest BCUT2D eigenvalue weighted by Gasteiger charge is -2.26. The Balaban J connectivity index is 2.80. The van der Waals surface area contributed by atoms with Gasteiger partial charge in [-0.05, 0) is 59.8 Å². The third-order valence-electron chi connectivity index (χ3n) is 3.31. The van der Waals surface area contributed by atoms with E-state index in [2.05, 4.69) is 48.1 Å². The van der Waals surface area contributed by atoms with Gasteiger partial charge in [-0.25, -0.2) is 0 Å². The minimum atomic E-state index is 0.358. The molecule has 18 heavy (non-hydrogen) atoms. The second-order valence-electron chi connectivity index (χ2n) is 4.91. The number of hydrogen-bond acceptors (Lipinski definition) is 2. The average Bonchev–Trinajstić information content (AvgIpc) is 2.77. The number of hydrogen-bond donors (Lipinski definition) is 1. The van der Waals surface area contributed by atoms with Gasteiger partial charge in [0.25, 0.3) is 0 Å². The summed E-state index contributed by atoms with van der Waals surface area (Å²) in [6, 6.07) is 4.44. The first-order chi connectivity index (χ1) is 8.72. The summed E-state index contributed by atoms with van der Waals surface area (Å²) in [7, 11) is 0. The summed E-state index contributed by atoms with van der Waals surface area (Å²) in [6.07, 6.45) is 6.14. The van der Waals surface area contributed by atoms with E-state index < -0.39 is 0 Å². The molecule has 1 atom stereocenters. The fourth-order valence-corrected chi connectivity index (χ4v) is 2.83. The van der Waals surface area contributed by atoms with Gasteiger partial charge in [-0.2, -0.15) is 0 Å². The van der Waals surface area contributed by atoms with Crippen molar-refractivity contribution in [2.24, 2.45) is 5.92 Å². The molecule has 104 valence electrons. The normalized spacial score (nSPS) is 13.2. The van der Waals surface area contributed by atoms with Crippen molar-refractivity contribution in [1.29, 1.82) is 0 Å². The Labute approximate surface area is 120 Å². The Morgan fingerprint density at radius 3 is 2.22 bits per heavy atom. The molecule has 0 bridgehead atoms. The minimum Gasteiger partial charge on any atom is -0.453 e. The van der Waals surface area contributed by atoms with Crippen LogP contribution in [0.3, 0.4) is 0 Å². The molecule has 0 spiro atoms. The second kappa shape index (κ2) is 8.76. The van der Waals surface area contributed by atoms with Crippen LogP contribution in [-0.2, 0) is 0 Å². The Bertz CT molecular complexity index is 318. The van der Waals surface area contributed by atoms with Crippen molar-refractivity contribution in [3.63, 3.8) is 0 Å². The zero-order valence-electron chi connectivity index (χ0n) is 11.8. The van der Waals surface area contributed by atoms with Gasteiger partial charge in [0.1, 0.15) is 5.76 Å². The van der Waals surface area contributed by atoms with Crippen molar-refractivity contribution in [2.45, 2.75) is 58.9 Å². The summed E-state index contributed by atoms with van der Waals surface area (Å²) in [5.41, 5.74) is 0. The summed E-state index contributed by atoms with van der Waals surface area (Å²) in [5, 5.41) is 3.65. The molecule has 0 saturated heterocycles. The van der Waals surface area contributed by atoms with Crippen LogP contribution >= 0.6 is 15.9 Å². The summed E-state index contributed by atoms with van der Waals surface area (Å²) >= 11 is 3.40. The molecule has 0 aliphatic rings. The Morgan fingerprint density at radius 2 is 1.78 bits per heavy atom. The molecule has 3 heteroatoms. The van der Waals surface area contributed by atoms with Crippen LogP contribution in [0.5, 0.6) is 0 Å². The molecular formula is C15H26BrNO. The van der Waals surface area contributed by atoms with E-state index in [1.807, 2.05) is 6.07 Å². The highest BCUT2D eigenvalue weighted by Gasteiger charge is 2.24. The smallest absolute Gasteiger partial charge is 0.169 e. The molecule has 0 saturated carbocycles. The SMILES string of the molecule is CCCNC(c1ccc(Br)o1)C(CCC)CCC. The minimum absolute atomic E-state index is 0.358. The van der Waals surface area contributed by atoms with Gasteiger partial charge in [-0.1, -0.05) is 33.6 Å². The van der Waals surface area contributed by atoms with Gasteiger partial charge < -0.3 is 9.73 Å². The van der Waals surface area contributed by atoms with Crippen LogP contribution in [0.1, 0.15) is 64.7 Å². The number of halogens is 1. The molecule has 1 unspecified atom stereocenters. The molecule has 0 radical (unpaired) electrons. The summed E-state index contributed by atoms with van der Waals surface area (Å²) in [4.78, 5) is 0. The van der Waals surface area contributed by atoms with Crippen molar-refractivity contribution in [1.82, 2.24) is 5.32 Å². The van der Waals surface area contributed by atoms with Crippen LogP contribution in [0.2, 0.25) is 0 Å². The fraction of sp³-hybridized carbons (Fsp3) is 0.733. The van der Waals surface area contributed by atoms with Gasteiger partial charge in [0.15, 0.2) is 4.67 Å². The summed E-state index contributed by atoms with van der Waals surface area (Å²) in [6.45, 7) is 7.78. The highest BCUT2D eigenvalue weighted by molar-refractivity contribution is 9.10. The lowest BCUT2D eigenvalue weighted by atomic mass is 9.89. The standard InChI is InChI=1S/C15H26BrNO/c1-4-7-12(8-5-2)15(17-11-6-3)13-9-10-14(16)18-13/h9-10,12,15,17H,4-8,11H2,1-3H3. The molecule has 2 nitrogen and oxygen atoms in total. The van der Waals surface area contributed by atoms with Gasteiger partial charge in [0.05, 0.1) is 6.04 Å². The van der Waals surface area contributed by atoms with E-state index in [0.29, 0.717) is 12.0 Å². The topological polar surface area (TPSA) is 25.2 Å². The van der Waals surface area contributed by atoms with E-state index in [0.717, 1.165) is 23.4 Å². The zero-order chi connectivity index (χ0) is 13.4. The second-order valence-corrected chi connectivity index (χ2v) is 5.69. The Morgan fingerprint density at radius 1 is 1.11 bits per heavy atom. The van der Waals surface area contributed by atoms with Crippen molar-refractivity contribution < 1.29 is 4.42 Å². The number of furan rings is 1. The van der Waals surface area contributed by atoms with E-state index in [1.165, 1.54) is 25.7 Å². The van der Waals surface area contributed by atoms with E-state index in [4.69, 9.17) is 4.42 Å². The Kier molecular flexibility index (Phi) is 7.68. The zero-order valence-corrected chi connectivity index (χ0v) is 13.4. The van der Waals surface area contributed by atoms with Crippen molar-refractivity contribution in [2.75, 3.05) is 6.54 Å². The van der Waals surface area contributed by atoms with E-state index in [-0.39, 0.29) is 0 Å². The maximum atomic E-state index is 5.77. The van der Waals surface area contributed by atoms with E-state index in [1.54, 1.807) is 0 Å². The summed E-state index contributed by atoms with van der Waals surface area (Å²) < 4.78 is 6.60. The third kappa shape index (κ3) is 4.77. The number of rotatable bonds is 9. The molecule has 1 aromatic rings. The number of nitrogens with one attached hydrogen (secondary N) is 1. The molecule has 0 amide bonds. The quantitative estimate of drug-likeness (QED) is 0.669. The van der Waals surface area contributed by atoms with Crippen molar-refractivity contribution in [3.05, 3.63) is 22.6 Å². The van der Waals surface area contributed by atoms with Crippen LogP contribution in [0, 0.1) is 5.92 Å². The van der Waals surface area contributed by atoms with Gasteiger partial charge in [0, 0.05) is 0 Å². The first-order valence-corrected chi connectivity index (χ1v) is 8.00. The van der Waals surface area contributed by atoms with Crippen LogP contribution in [0.15, 0.2) is 21.2 Å². The van der Waals surface area contributed by atoms with Crippen LogP contribution in [-0.4, -0.2) is 6.54 Å². The average molecular weight is 316 g/mol. The van der Waals surface area contributed by atoms with Gasteiger partial charge >= 0.3 is 0 Å². The summed E-state index contributed by atoms with van der Waals surface area (Å²) in [5.74, 6) is 1.74.